The van der Waals surface area contributed by atoms with Gasteiger partial charge in [-0.3, -0.25) is 4.98 Å². The molecule has 0 bridgehead atoms. The van der Waals surface area contributed by atoms with E-state index in [-0.39, 0.29) is 5.82 Å². The van der Waals surface area contributed by atoms with Crippen molar-refractivity contribution in [2.24, 2.45) is 0 Å². The van der Waals surface area contributed by atoms with Crippen LogP contribution in [0, 0.1) is 18.2 Å². The first-order valence-corrected chi connectivity index (χ1v) is 6.86. The molecule has 3 heteroatoms. The van der Waals surface area contributed by atoms with Crippen LogP contribution in [0.5, 0.6) is 0 Å². The fraction of sp³-hybridized carbons (Fsp3) is 0. The van der Waals surface area contributed by atoms with Crippen LogP contribution in [-0.2, 0) is 0 Å². The van der Waals surface area contributed by atoms with Crippen molar-refractivity contribution < 1.29 is 4.39 Å². The molecule has 3 aromatic rings. The third-order valence-electron chi connectivity index (χ3n) is 2.97. The molecule has 0 saturated heterocycles. The van der Waals surface area contributed by atoms with Crippen LogP contribution in [0.15, 0.2) is 54.9 Å². The van der Waals surface area contributed by atoms with Gasteiger partial charge in [0, 0.05) is 22.8 Å². The standard InChI is InChI=1S/C17H10FNS/c1-2-15-11-16(12-7-9-19-10-8-12)17(20-15)13-3-5-14(18)6-4-13/h1,3-11H. The molecule has 0 spiro atoms. The summed E-state index contributed by atoms with van der Waals surface area (Å²) in [4.78, 5) is 5.93. The van der Waals surface area contributed by atoms with Gasteiger partial charge in [-0.05, 0) is 41.5 Å². The van der Waals surface area contributed by atoms with Crippen molar-refractivity contribution in [2.75, 3.05) is 0 Å². The SMILES string of the molecule is C#Cc1cc(-c2ccncc2)c(-c2ccc(F)cc2)s1. The molecule has 0 N–H and O–H groups in total. The number of benzene rings is 1. The number of terminal acetylenes is 1. The van der Waals surface area contributed by atoms with Gasteiger partial charge in [0.15, 0.2) is 0 Å². The summed E-state index contributed by atoms with van der Waals surface area (Å²) in [6.07, 6.45) is 8.99. The van der Waals surface area contributed by atoms with E-state index in [0.717, 1.165) is 26.4 Å². The van der Waals surface area contributed by atoms with Gasteiger partial charge in [-0.25, -0.2) is 4.39 Å². The smallest absolute Gasteiger partial charge is 0.123 e. The predicted molar refractivity (Wildman–Crippen MR) is 80.9 cm³/mol. The highest BCUT2D eigenvalue weighted by atomic mass is 32.1. The Morgan fingerprint density at radius 2 is 1.70 bits per heavy atom. The summed E-state index contributed by atoms with van der Waals surface area (Å²) in [5, 5.41) is 0. The zero-order valence-electron chi connectivity index (χ0n) is 10.5. The van der Waals surface area contributed by atoms with Crippen molar-refractivity contribution in [3.63, 3.8) is 0 Å². The van der Waals surface area contributed by atoms with Crippen LogP contribution >= 0.6 is 11.3 Å². The summed E-state index contributed by atoms with van der Waals surface area (Å²) in [7, 11) is 0. The van der Waals surface area contributed by atoms with Crippen molar-refractivity contribution in [1.82, 2.24) is 4.98 Å². The molecule has 1 aromatic carbocycles. The molecule has 96 valence electrons. The summed E-state index contributed by atoms with van der Waals surface area (Å²) in [5.41, 5.74) is 3.07. The fourth-order valence-corrected chi connectivity index (χ4v) is 3.02. The number of rotatable bonds is 2. The number of hydrogen-bond donors (Lipinski definition) is 0. The van der Waals surface area contributed by atoms with E-state index in [9.17, 15) is 4.39 Å². The van der Waals surface area contributed by atoms with E-state index in [0.29, 0.717) is 0 Å². The minimum atomic E-state index is -0.243. The first-order valence-electron chi connectivity index (χ1n) is 6.05. The Balaban J connectivity index is 2.18. The average molecular weight is 279 g/mol. The zero-order chi connectivity index (χ0) is 13.9. The monoisotopic (exact) mass is 279 g/mol. The van der Waals surface area contributed by atoms with Gasteiger partial charge in [0.05, 0.1) is 4.88 Å². The maximum Gasteiger partial charge on any atom is 0.123 e. The molecule has 0 aliphatic rings. The lowest BCUT2D eigenvalue weighted by Crippen LogP contribution is -1.80. The fourth-order valence-electron chi connectivity index (χ4n) is 2.02. The van der Waals surface area contributed by atoms with E-state index >= 15 is 0 Å². The second kappa shape index (κ2) is 5.28. The number of hydrogen-bond acceptors (Lipinski definition) is 2. The Kier molecular flexibility index (Phi) is 3.32. The molecule has 20 heavy (non-hydrogen) atoms. The largest absolute Gasteiger partial charge is 0.265 e. The Bertz CT molecular complexity index is 767. The van der Waals surface area contributed by atoms with Crippen molar-refractivity contribution in [2.45, 2.75) is 0 Å². The molecular formula is C17H10FNS. The van der Waals surface area contributed by atoms with Crippen LogP contribution in [0.25, 0.3) is 21.6 Å². The Labute approximate surface area is 120 Å². The van der Waals surface area contributed by atoms with Crippen LogP contribution in [0.3, 0.4) is 0 Å². The molecule has 0 aliphatic carbocycles. The maximum absolute atomic E-state index is 13.1. The topological polar surface area (TPSA) is 12.9 Å². The lowest BCUT2D eigenvalue weighted by Gasteiger charge is -2.03. The molecule has 0 atom stereocenters. The van der Waals surface area contributed by atoms with E-state index in [1.54, 1.807) is 24.5 Å². The molecule has 0 amide bonds. The number of halogens is 1. The molecule has 0 fully saturated rings. The number of pyridine rings is 1. The molecule has 0 unspecified atom stereocenters. The quantitative estimate of drug-likeness (QED) is 0.625. The van der Waals surface area contributed by atoms with E-state index < -0.39 is 0 Å². The normalized spacial score (nSPS) is 10.2. The highest BCUT2D eigenvalue weighted by molar-refractivity contribution is 7.16. The van der Waals surface area contributed by atoms with Gasteiger partial charge in [0.2, 0.25) is 0 Å². The van der Waals surface area contributed by atoms with E-state index in [1.807, 2.05) is 18.2 Å². The van der Waals surface area contributed by atoms with Crippen molar-refractivity contribution in [3.8, 4) is 33.9 Å². The third kappa shape index (κ3) is 2.34. The number of aromatic nitrogens is 1. The van der Waals surface area contributed by atoms with Crippen LogP contribution in [0.1, 0.15) is 4.88 Å². The lowest BCUT2D eigenvalue weighted by molar-refractivity contribution is 0.628. The van der Waals surface area contributed by atoms with Crippen LogP contribution in [0.2, 0.25) is 0 Å². The van der Waals surface area contributed by atoms with E-state index in [1.165, 1.54) is 23.5 Å². The summed E-state index contributed by atoms with van der Waals surface area (Å²) in [5.74, 6) is 2.42. The third-order valence-corrected chi connectivity index (χ3v) is 4.09. The first kappa shape index (κ1) is 12.6. The Hall–Kier alpha value is -2.44. The number of nitrogens with zero attached hydrogens (tertiary/aromatic N) is 1. The van der Waals surface area contributed by atoms with Crippen molar-refractivity contribution in [1.29, 1.82) is 0 Å². The van der Waals surface area contributed by atoms with Crippen molar-refractivity contribution in [3.05, 3.63) is 65.6 Å². The molecule has 0 saturated carbocycles. The molecule has 1 nitrogen and oxygen atoms in total. The van der Waals surface area contributed by atoms with Gasteiger partial charge in [-0.2, -0.15) is 0 Å². The Morgan fingerprint density at radius 3 is 2.35 bits per heavy atom. The van der Waals surface area contributed by atoms with Gasteiger partial charge in [-0.15, -0.1) is 17.8 Å². The summed E-state index contributed by atoms with van der Waals surface area (Å²) < 4.78 is 13.1. The second-order valence-corrected chi connectivity index (χ2v) is 5.29. The summed E-state index contributed by atoms with van der Waals surface area (Å²) in [6, 6.07) is 12.3. The minimum absolute atomic E-state index is 0.243. The molecule has 0 aliphatic heterocycles. The summed E-state index contributed by atoms with van der Waals surface area (Å²) in [6.45, 7) is 0. The maximum atomic E-state index is 13.1. The minimum Gasteiger partial charge on any atom is -0.265 e. The first-order chi connectivity index (χ1) is 9.78. The summed E-state index contributed by atoms with van der Waals surface area (Å²) >= 11 is 1.53. The molecular weight excluding hydrogens is 269 g/mol. The van der Waals surface area contributed by atoms with Crippen LogP contribution in [0.4, 0.5) is 4.39 Å². The van der Waals surface area contributed by atoms with Gasteiger partial charge < -0.3 is 0 Å². The van der Waals surface area contributed by atoms with Gasteiger partial charge in [0.1, 0.15) is 5.82 Å². The molecule has 2 heterocycles. The van der Waals surface area contributed by atoms with Gasteiger partial charge >= 0.3 is 0 Å². The highest BCUT2D eigenvalue weighted by Gasteiger charge is 2.12. The molecule has 0 radical (unpaired) electrons. The van der Waals surface area contributed by atoms with Gasteiger partial charge in [-0.1, -0.05) is 18.1 Å². The Morgan fingerprint density at radius 1 is 1.00 bits per heavy atom. The highest BCUT2D eigenvalue weighted by Crippen LogP contribution is 2.38. The molecule has 3 rings (SSSR count). The average Bonchev–Trinajstić information content (AvgIpc) is 2.93. The number of thiophene rings is 1. The van der Waals surface area contributed by atoms with E-state index in [2.05, 4.69) is 10.9 Å². The van der Waals surface area contributed by atoms with Crippen LogP contribution in [-0.4, -0.2) is 4.98 Å². The van der Waals surface area contributed by atoms with E-state index in [4.69, 9.17) is 6.42 Å². The van der Waals surface area contributed by atoms with Crippen molar-refractivity contribution >= 4 is 11.3 Å². The van der Waals surface area contributed by atoms with Gasteiger partial charge in [0.25, 0.3) is 0 Å². The second-order valence-electron chi connectivity index (χ2n) is 4.24. The zero-order valence-corrected chi connectivity index (χ0v) is 11.3. The molecule has 2 aromatic heterocycles. The van der Waals surface area contributed by atoms with Crippen LogP contribution < -0.4 is 0 Å². The predicted octanol–water partition coefficient (Wildman–Crippen LogP) is 4.60. The lowest BCUT2D eigenvalue weighted by atomic mass is 10.0.